The lowest BCUT2D eigenvalue weighted by molar-refractivity contribution is 0.285. The highest BCUT2D eigenvalue weighted by Crippen LogP contribution is 2.39. The van der Waals surface area contributed by atoms with Crippen molar-refractivity contribution in [1.29, 1.82) is 0 Å². The van der Waals surface area contributed by atoms with E-state index >= 15 is 0 Å². The van der Waals surface area contributed by atoms with Gasteiger partial charge in [0.25, 0.3) is 0 Å². The van der Waals surface area contributed by atoms with E-state index in [0.29, 0.717) is 23.9 Å². The van der Waals surface area contributed by atoms with E-state index in [0.717, 1.165) is 16.8 Å². The number of fused-ring (bicyclic) bond motifs is 1. The van der Waals surface area contributed by atoms with Crippen molar-refractivity contribution in [1.82, 2.24) is 0 Å². The van der Waals surface area contributed by atoms with E-state index in [-0.39, 0.29) is 11.9 Å². The molecular weight excluding hydrogens is 279 g/mol. The summed E-state index contributed by atoms with van der Waals surface area (Å²) < 4.78 is 19.3. The van der Waals surface area contributed by atoms with E-state index in [1.165, 1.54) is 12.1 Å². The summed E-state index contributed by atoms with van der Waals surface area (Å²) in [7, 11) is 0. The summed E-state index contributed by atoms with van der Waals surface area (Å²) in [5, 5.41) is 3.90. The van der Waals surface area contributed by atoms with Crippen molar-refractivity contribution < 1.29 is 9.13 Å². The van der Waals surface area contributed by atoms with E-state index in [4.69, 9.17) is 22.1 Å². The van der Waals surface area contributed by atoms with Crippen LogP contribution in [0.1, 0.15) is 0 Å². The fraction of sp³-hybridized carbons (Fsp3) is 0.200. The Kier molecular flexibility index (Phi) is 3.51. The van der Waals surface area contributed by atoms with Gasteiger partial charge < -0.3 is 15.8 Å². The quantitative estimate of drug-likeness (QED) is 0.893. The van der Waals surface area contributed by atoms with E-state index in [9.17, 15) is 4.39 Å². The molecule has 1 aliphatic heterocycles. The summed E-state index contributed by atoms with van der Waals surface area (Å²) in [5.41, 5.74) is 7.98. The van der Waals surface area contributed by atoms with Crippen LogP contribution in [0.4, 0.5) is 10.1 Å². The SMILES string of the molecule is NCC1COc2cc(F)cc(-c3cccc(Cl)c3)c2N1. The number of hydrogen-bond acceptors (Lipinski definition) is 3. The van der Waals surface area contributed by atoms with Gasteiger partial charge in [-0.1, -0.05) is 23.7 Å². The van der Waals surface area contributed by atoms with Crippen molar-refractivity contribution in [2.45, 2.75) is 6.04 Å². The molecule has 0 aliphatic carbocycles. The van der Waals surface area contributed by atoms with Gasteiger partial charge in [0.1, 0.15) is 18.2 Å². The van der Waals surface area contributed by atoms with Crippen LogP contribution in [0, 0.1) is 5.82 Å². The Morgan fingerprint density at radius 1 is 1.35 bits per heavy atom. The van der Waals surface area contributed by atoms with Gasteiger partial charge in [0, 0.05) is 23.2 Å². The van der Waals surface area contributed by atoms with Crippen molar-refractivity contribution in [2.24, 2.45) is 5.73 Å². The smallest absolute Gasteiger partial charge is 0.146 e. The first kappa shape index (κ1) is 13.2. The summed E-state index contributed by atoms with van der Waals surface area (Å²) >= 11 is 6.01. The Bertz CT molecular complexity index is 648. The zero-order chi connectivity index (χ0) is 14.1. The minimum Gasteiger partial charge on any atom is -0.489 e. The third kappa shape index (κ3) is 2.44. The standard InChI is InChI=1S/C15H14ClFN2O/c16-10-3-1-2-9(4-10)13-5-11(17)6-14-15(13)19-12(7-18)8-20-14/h1-6,12,19H,7-8,18H2. The van der Waals surface area contributed by atoms with E-state index in [1.54, 1.807) is 12.1 Å². The third-order valence-electron chi connectivity index (χ3n) is 3.28. The molecule has 3 rings (SSSR count). The molecule has 1 aliphatic rings. The van der Waals surface area contributed by atoms with Gasteiger partial charge in [0.05, 0.1) is 11.7 Å². The van der Waals surface area contributed by atoms with Crippen LogP contribution in [0.15, 0.2) is 36.4 Å². The first-order valence-electron chi connectivity index (χ1n) is 6.36. The molecule has 2 aromatic carbocycles. The highest BCUT2D eigenvalue weighted by atomic mass is 35.5. The molecule has 0 saturated carbocycles. The molecule has 0 saturated heterocycles. The van der Waals surface area contributed by atoms with Gasteiger partial charge in [0.2, 0.25) is 0 Å². The van der Waals surface area contributed by atoms with Gasteiger partial charge in [0.15, 0.2) is 0 Å². The number of nitrogens with two attached hydrogens (primary N) is 1. The largest absolute Gasteiger partial charge is 0.489 e. The zero-order valence-electron chi connectivity index (χ0n) is 10.7. The molecule has 3 N–H and O–H groups in total. The van der Waals surface area contributed by atoms with Gasteiger partial charge in [-0.3, -0.25) is 0 Å². The predicted molar refractivity (Wildman–Crippen MR) is 78.8 cm³/mol. The maximum atomic E-state index is 13.8. The minimum atomic E-state index is -0.341. The second-order valence-corrected chi connectivity index (χ2v) is 5.16. The van der Waals surface area contributed by atoms with Crippen LogP contribution in [0.2, 0.25) is 5.02 Å². The number of halogens is 2. The Hall–Kier alpha value is -1.78. The number of rotatable bonds is 2. The maximum Gasteiger partial charge on any atom is 0.146 e. The number of nitrogens with one attached hydrogen (secondary N) is 1. The van der Waals surface area contributed by atoms with Crippen molar-refractivity contribution in [2.75, 3.05) is 18.5 Å². The molecule has 0 aromatic heterocycles. The average Bonchev–Trinajstić information content (AvgIpc) is 2.46. The average molecular weight is 293 g/mol. The summed E-state index contributed by atoms with van der Waals surface area (Å²) in [6, 6.07) is 10.2. The van der Waals surface area contributed by atoms with Gasteiger partial charge in [-0.2, -0.15) is 0 Å². The first-order chi connectivity index (χ1) is 9.67. The highest BCUT2D eigenvalue weighted by Gasteiger charge is 2.22. The van der Waals surface area contributed by atoms with E-state index < -0.39 is 0 Å². The Labute approximate surface area is 121 Å². The maximum absolute atomic E-state index is 13.8. The Morgan fingerprint density at radius 3 is 2.95 bits per heavy atom. The van der Waals surface area contributed by atoms with Crippen molar-refractivity contribution in [3.05, 3.63) is 47.2 Å². The number of hydrogen-bond donors (Lipinski definition) is 2. The molecule has 1 heterocycles. The highest BCUT2D eigenvalue weighted by molar-refractivity contribution is 6.30. The second-order valence-electron chi connectivity index (χ2n) is 4.72. The predicted octanol–water partition coefficient (Wildman–Crippen LogP) is 3.28. The normalized spacial score (nSPS) is 17.1. The van der Waals surface area contributed by atoms with Crippen LogP contribution in [-0.4, -0.2) is 19.2 Å². The summed E-state index contributed by atoms with van der Waals surface area (Å²) in [4.78, 5) is 0. The number of ether oxygens (including phenoxy) is 1. The molecule has 0 amide bonds. The molecule has 0 bridgehead atoms. The topological polar surface area (TPSA) is 47.3 Å². The second kappa shape index (κ2) is 5.31. The van der Waals surface area contributed by atoms with Gasteiger partial charge in [-0.25, -0.2) is 4.39 Å². The van der Waals surface area contributed by atoms with Crippen LogP contribution in [0.3, 0.4) is 0 Å². The van der Waals surface area contributed by atoms with Crippen LogP contribution in [0.5, 0.6) is 5.75 Å². The molecule has 20 heavy (non-hydrogen) atoms. The minimum absolute atomic E-state index is 0.0193. The van der Waals surface area contributed by atoms with Crippen LogP contribution in [0.25, 0.3) is 11.1 Å². The monoisotopic (exact) mass is 292 g/mol. The number of benzene rings is 2. The van der Waals surface area contributed by atoms with Gasteiger partial charge in [-0.15, -0.1) is 0 Å². The lowest BCUT2D eigenvalue weighted by Crippen LogP contribution is -2.37. The Balaban J connectivity index is 2.13. The third-order valence-corrected chi connectivity index (χ3v) is 3.51. The van der Waals surface area contributed by atoms with Crippen molar-refractivity contribution in [3.63, 3.8) is 0 Å². The molecule has 0 fully saturated rings. The zero-order valence-corrected chi connectivity index (χ0v) is 11.5. The number of anilines is 1. The van der Waals surface area contributed by atoms with E-state index in [2.05, 4.69) is 5.32 Å². The molecule has 0 radical (unpaired) electrons. The van der Waals surface area contributed by atoms with Gasteiger partial charge in [-0.05, 0) is 23.8 Å². The molecule has 3 nitrogen and oxygen atoms in total. The fourth-order valence-electron chi connectivity index (χ4n) is 2.29. The molecule has 1 unspecified atom stereocenters. The van der Waals surface area contributed by atoms with E-state index in [1.807, 2.05) is 12.1 Å². The molecule has 1 atom stereocenters. The molecular formula is C15H14ClFN2O. The van der Waals surface area contributed by atoms with Crippen molar-refractivity contribution in [3.8, 4) is 16.9 Å². The van der Waals surface area contributed by atoms with Crippen LogP contribution >= 0.6 is 11.6 Å². The Morgan fingerprint density at radius 2 is 2.20 bits per heavy atom. The van der Waals surface area contributed by atoms with Crippen molar-refractivity contribution >= 4 is 17.3 Å². The summed E-state index contributed by atoms with van der Waals surface area (Å²) in [6.07, 6.45) is 0. The summed E-state index contributed by atoms with van der Waals surface area (Å²) in [5.74, 6) is 0.163. The fourth-order valence-corrected chi connectivity index (χ4v) is 2.48. The van der Waals surface area contributed by atoms with Gasteiger partial charge >= 0.3 is 0 Å². The molecule has 2 aromatic rings. The molecule has 5 heteroatoms. The lowest BCUT2D eigenvalue weighted by atomic mass is 10.0. The van der Waals surface area contributed by atoms with Crippen LogP contribution in [-0.2, 0) is 0 Å². The lowest BCUT2D eigenvalue weighted by Gasteiger charge is -2.28. The molecule has 0 spiro atoms. The first-order valence-corrected chi connectivity index (χ1v) is 6.74. The van der Waals surface area contributed by atoms with Crippen LogP contribution < -0.4 is 15.8 Å². The summed E-state index contributed by atoms with van der Waals surface area (Å²) in [6.45, 7) is 0.883. The molecule has 104 valence electrons.